The quantitative estimate of drug-likeness (QED) is 0.814. The lowest BCUT2D eigenvalue weighted by Crippen LogP contribution is -2.44. The van der Waals surface area contributed by atoms with Crippen LogP contribution >= 0.6 is 0 Å². The molecule has 0 aliphatic heterocycles. The van der Waals surface area contributed by atoms with Crippen LogP contribution < -0.4 is 15.8 Å². The van der Waals surface area contributed by atoms with E-state index in [0.29, 0.717) is 11.5 Å². The topological polar surface area (TPSA) is 95.9 Å². The van der Waals surface area contributed by atoms with Crippen LogP contribution in [0.4, 0.5) is 5.95 Å². The molecule has 0 bridgehead atoms. The molecule has 0 radical (unpaired) electrons. The van der Waals surface area contributed by atoms with E-state index in [-0.39, 0.29) is 23.4 Å². The van der Waals surface area contributed by atoms with Gasteiger partial charge in [-0.15, -0.1) is 0 Å². The minimum Gasteiger partial charge on any atom is -0.349 e. The van der Waals surface area contributed by atoms with E-state index in [4.69, 9.17) is 0 Å². The summed E-state index contributed by atoms with van der Waals surface area (Å²) in [6, 6.07) is 1.65. The largest absolute Gasteiger partial charge is 0.349 e. The number of nitrogens with zero attached hydrogens (tertiary/aromatic N) is 4. The van der Waals surface area contributed by atoms with Gasteiger partial charge in [-0.25, -0.2) is 4.98 Å². The Morgan fingerprint density at radius 3 is 2.81 bits per heavy atom. The molecule has 8 heteroatoms. The second kappa shape index (κ2) is 7.31. The maximum absolute atomic E-state index is 12.5. The summed E-state index contributed by atoms with van der Waals surface area (Å²) >= 11 is 0. The lowest BCUT2D eigenvalue weighted by Gasteiger charge is -2.35. The molecule has 0 spiro atoms. The first-order valence-corrected chi connectivity index (χ1v) is 9.01. The predicted octanol–water partition coefficient (Wildman–Crippen LogP) is 1.43. The van der Waals surface area contributed by atoms with Gasteiger partial charge >= 0.3 is 0 Å². The maximum Gasteiger partial charge on any atom is 0.254 e. The van der Waals surface area contributed by atoms with Crippen molar-refractivity contribution in [2.75, 3.05) is 19.0 Å². The lowest BCUT2D eigenvalue weighted by atomic mass is 9.78. The van der Waals surface area contributed by atoms with E-state index in [9.17, 15) is 9.59 Å². The van der Waals surface area contributed by atoms with Crippen molar-refractivity contribution < 1.29 is 4.79 Å². The van der Waals surface area contributed by atoms with Crippen LogP contribution in [-0.4, -0.2) is 45.8 Å². The molecule has 1 amide bonds. The zero-order valence-corrected chi connectivity index (χ0v) is 15.7. The van der Waals surface area contributed by atoms with Crippen LogP contribution in [-0.2, 0) is 6.54 Å². The third-order valence-electron chi connectivity index (χ3n) is 4.71. The molecule has 0 saturated heterocycles. The summed E-state index contributed by atoms with van der Waals surface area (Å²) in [6.07, 6.45) is 4.37. The summed E-state index contributed by atoms with van der Waals surface area (Å²) in [7, 11) is 3.68. The summed E-state index contributed by atoms with van der Waals surface area (Å²) in [4.78, 5) is 33.3. The second-order valence-electron chi connectivity index (χ2n) is 7.12. The number of aromatic nitrogens is 4. The van der Waals surface area contributed by atoms with Crippen LogP contribution in [0.2, 0.25) is 0 Å². The number of amides is 1. The van der Waals surface area contributed by atoms with Gasteiger partial charge in [0.05, 0.1) is 17.0 Å². The van der Waals surface area contributed by atoms with Crippen LogP contribution in [0.15, 0.2) is 17.1 Å². The third kappa shape index (κ3) is 3.79. The summed E-state index contributed by atoms with van der Waals surface area (Å²) in [5.41, 5.74) is 2.02. The summed E-state index contributed by atoms with van der Waals surface area (Å²) in [6.45, 7) is 4.74. The molecule has 1 aliphatic rings. The summed E-state index contributed by atoms with van der Waals surface area (Å²) in [5, 5.41) is 7.44. The Bertz CT molecular complexity index is 848. The molecule has 2 heterocycles. The Balaban J connectivity index is 1.60. The minimum atomic E-state index is -0.148. The monoisotopic (exact) mass is 358 g/mol. The highest BCUT2D eigenvalue weighted by Gasteiger charge is 2.33. The molecule has 1 aliphatic carbocycles. The number of anilines is 1. The molecule has 2 aromatic rings. The Kier molecular flexibility index (Phi) is 5.11. The molecule has 26 heavy (non-hydrogen) atoms. The van der Waals surface area contributed by atoms with Gasteiger partial charge in [-0.05, 0) is 26.2 Å². The van der Waals surface area contributed by atoms with Crippen LogP contribution in [0.3, 0.4) is 0 Å². The number of nitrogens with one attached hydrogen (secondary N) is 2. The van der Waals surface area contributed by atoms with Crippen molar-refractivity contribution >= 4 is 11.9 Å². The van der Waals surface area contributed by atoms with Gasteiger partial charge in [0.25, 0.3) is 11.5 Å². The average Bonchev–Trinajstić information content (AvgIpc) is 2.90. The van der Waals surface area contributed by atoms with Gasteiger partial charge in [0, 0.05) is 44.9 Å². The van der Waals surface area contributed by atoms with E-state index in [1.165, 1.54) is 0 Å². The fourth-order valence-electron chi connectivity index (χ4n) is 3.21. The molecule has 0 unspecified atom stereocenters. The number of rotatable bonds is 6. The zero-order valence-electron chi connectivity index (χ0n) is 15.7. The van der Waals surface area contributed by atoms with Gasteiger partial charge in [-0.2, -0.15) is 5.10 Å². The highest BCUT2D eigenvalue weighted by molar-refractivity contribution is 5.95. The Morgan fingerprint density at radius 2 is 2.15 bits per heavy atom. The molecular weight excluding hydrogens is 332 g/mol. The molecule has 2 N–H and O–H groups in total. The van der Waals surface area contributed by atoms with Crippen LogP contribution in [0, 0.1) is 6.92 Å². The van der Waals surface area contributed by atoms with Crippen molar-refractivity contribution in [3.63, 3.8) is 0 Å². The van der Waals surface area contributed by atoms with E-state index in [1.54, 1.807) is 11.0 Å². The van der Waals surface area contributed by atoms with Gasteiger partial charge in [-0.1, -0.05) is 6.92 Å². The van der Waals surface area contributed by atoms with Crippen molar-refractivity contribution in [1.82, 2.24) is 25.1 Å². The van der Waals surface area contributed by atoms with Crippen molar-refractivity contribution in [3.05, 3.63) is 39.6 Å². The standard InChI is InChI=1S/C18H26N6O2/c1-5-6-24-10-14(11(2)22-24)17(26)19-13-7-12(8-13)15-9-16(25)21-18(20-15)23(3)4/h9-10,12-13H,5-8H2,1-4H3,(H,19,26)(H,20,21,25). The number of carbonyl (C=O) groups excluding carboxylic acids is 1. The van der Waals surface area contributed by atoms with E-state index in [0.717, 1.165) is 37.2 Å². The smallest absolute Gasteiger partial charge is 0.254 e. The number of hydrogen-bond acceptors (Lipinski definition) is 5. The minimum absolute atomic E-state index is 0.0823. The number of hydrogen-bond donors (Lipinski definition) is 2. The average molecular weight is 358 g/mol. The fourth-order valence-corrected chi connectivity index (χ4v) is 3.21. The van der Waals surface area contributed by atoms with E-state index >= 15 is 0 Å². The summed E-state index contributed by atoms with van der Waals surface area (Å²) < 4.78 is 1.82. The van der Waals surface area contributed by atoms with Gasteiger partial charge in [0.2, 0.25) is 5.95 Å². The summed E-state index contributed by atoms with van der Waals surface area (Å²) in [5.74, 6) is 0.672. The maximum atomic E-state index is 12.5. The first-order valence-electron chi connectivity index (χ1n) is 9.01. The lowest BCUT2D eigenvalue weighted by molar-refractivity contribution is 0.0907. The van der Waals surface area contributed by atoms with E-state index in [2.05, 4.69) is 27.3 Å². The normalized spacial score (nSPS) is 19.1. The first kappa shape index (κ1) is 18.2. The van der Waals surface area contributed by atoms with Crippen LogP contribution in [0.5, 0.6) is 0 Å². The molecule has 8 nitrogen and oxygen atoms in total. The van der Waals surface area contributed by atoms with Gasteiger partial charge in [0.15, 0.2) is 0 Å². The van der Waals surface area contributed by atoms with Gasteiger partial charge in [0.1, 0.15) is 0 Å². The third-order valence-corrected chi connectivity index (χ3v) is 4.71. The van der Waals surface area contributed by atoms with Crippen molar-refractivity contribution in [2.45, 2.75) is 51.6 Å². The molecule has 0 aromatic carbocycles. The van der Waals surface area contributed by atoms with Crippen LogP contribution in [0.1, 0.15) is 53.8 Å². The molecule has 1 fully saturated rings. The van der Waals surface area contributed by atoms with E-state index < -0.39 is 0 Å². The fraction of sp³-hybridized carbons (Fsp3) is 0.556. The SMILES string of the molecule is CCCn1cc(C(=O)NC2CC(c3cc(=O)[nH]c(N(C)C)n3)C2)c(C)n1. The molecule has 3 rings (SSSR count). The highest BCUT2D eigenvalue weighted by atomic mass is 16.1. The zero-order chi connectivity index (χ0) is 18.8. The number of aromatic amines is 1. The van der Waals surface area contributed by atoms with E-state index in [1.807, 2.05) is 31.9 Å². The highest BCUT2D eigenvalue weighted by Crippen LogP contribution is 2.35. The van der Waals surface area contributed by atoms with Crippen LogP contribution in [0.25, 0.3) is 0 Å². The predicted molar refractivity (Wildman–Crippen MR) is 99.7 cm³/mol. The molecular formula is C18H26N6O2. The van der Waals surface area contributed by atoms with Crippen molar-refractivity contribution in [2.24, 2.45) is 0 Å². The van der Waals surface area contributed by atoms with Crippen molar-refractivity contribution in [1.29, 1.82) is 0 Å². The first-order chi connectivity index (χ1) is 12.4. The Morgan fingerprint density at radius 1 is 1.42 bits per heavy atom. The molecule has 0 atom stereocenters. The second-order valence-corrected chi connectivity index (χ2v) is 7.12. The van der Waals surface area contributed by atoms with Crippen molar-refractivity contribution in [3.8, 4) is 0 Å². The number of aryl methyl sites for hydroxylation is 2. The number of carbonyl (C=O) groups is 1. The van der Waals surface area contributed by atoms with Gasteiger partial charge in [-0.3, -0.25) is 19.3 Å². The Labute approximate surface area is 152 Å². The Hall–Kier alpha value is -2.64. The van der Waals surface area contributed by atoms with Gasteiger partial charge < -0.3 is 10.2 Å². The molecule has 2 aromatic heterocycles. The number of H-pyrrole nitrogens is 1. The molecule has 140 valence electrons. The molecule has 1 saturated carbocycles.